The Morgan fingerprint density at radius 2 is 2.00 bits per heavy atom. The molecular formula is C16H15NO3. The van der Waals surface area contributed by atoms with E-state index in [4.69, 9.17) is 9.84 Å². The molecule has 0 bridgehead atoms. The molecule has 1 heterocycles. The van der Waals surface area contributed by atoms with E-state index in [0.717, 1.165) is 11.1 Å². The van der Waals surface area contributed by atoms with Gasteiger partial charge in [-0.3, -0.25) is 0 Å². The number of hydrogen-bond acceptors (Lipinski definition) is 3. The number of nitrogens with zero attached hydrogens (tertiary/aromatic N) is 1. The molecule has 4 nitrogen and oxygen atoms in total. The summed E-state index contributed by atoms with van der Waals surface area (Å²) >= 11 is 0. The van der Waals surface area contributed by atoms with Gasteiger partial charge >= 0.3 is 5.97 Å². The predicted molar refractivity (Wildman–Crippen MR) is 76.2 cm³/mol. The predicted octanol–water partition coefficient (Wildman–Crippen LogP) is 3.14. The van der Waals surface area contributed by atoms with Crippen LogP contribution >= 0.6 is 0 Å². The molecule has 1 N–H and O–H groups in total. The first-order valence-corrected chi connectivity index (χ1v) is 6.17. The highest BCUT2D eigenvalue weighted by Gasteiger charge is 2.10. The molecular weight excluding hydrogens is 254 g/mol. The fraction of sp³-hybridized carbons (Fsp3) is 0.125. The third-order valence-electron chi connectivity index (χ3n) is 2.84. The number of aromatic carboxylic acids is 1. The maximum Gasteiger partial charge on any atom is 0.354 e. The Labute approximate surface area is 117 Å². The van der Waals surface area contributed by atoms with Gasteiger partial charge in [0.25, 0.3) is 0 Å². The van der Waals surface area contributed by atoms with E-state index < -0.39 is 5.97 Å². The van der Waals surface area contributed by atoms with Gasteiger partial charge in [-0.15, -0.1) is 0 Å². The van der Waals surface area contributed by atoms with Gasteiger partial charge in [-0.05, 0) is 17.2 Å². The highest BCUT2D eigenvalue weighted by atomic mass is 16.5. The van der Waals surface area contributed by atoms with Crippen LogP contribution in [-0.4, -0.2) is 16.1 Å². The Morgan fingerprint density at radius 1 is 1.25 bits per heavy atom. The van der Waals surface area contributed by atoms with Crippen molar-refractivity contribution in [2.24, 2.45) is 0 Å². The van der Waals surface area contributed by atoms with Crippen molar-refractivity contribution in [3.8, 4) is 0 Å². The van der Waals surface area contributed by atoms with Crippen LogP contribution < -0.4 is 0 Å². The molecule has 2 rings (SSSR count). The van der Waals surface area contributed by atoms with Crippen molar-refractivity contribution in [2.45, 2.75) is 13.2 Å². The lowest BCUT2D eigenvalue weighted by molar-refractivity contribution is 0.0676. The highest BCUT2D eigenvalue weighted by Crippen LogP contribution is 2.10. The first-order valence-electron chi connectivity index (χ1n) is 6.17. The van der Waals surface area contributed by atoms with E-state index in [1.54, 1.807) is 18.2 Å². The van der Waals surface area contributed by atoms with Crippen LogP contribution in [0, 0.1) is 0 Å². The Morgan fingerprint density at radius 3 is 2.65 bits per heavy atom. The van der Waals surface area contributed by atoms with Crippen molar-refractivity contribution < 1.29 is 14.6 Å². The molecule has 0 aliphatic rings. The van der Waals surface area contributed by atoms with Gasteiger partial charge in [0, 0.05) is 11.8 Å². The maximum atomic E-state index is 11.0. The maximum absolute atomic E-state index is 11.0. The fourth-order valence-corrected chi connectivity index (χ4v) is 1.78. The number of hydrogen-bond donors (Lipinski definition) is 1. The van der Waals surface area contributed by atoms with Gasteiger partial charge < -0.3 is 9.84 Å². The molecule has 0 aliphatic carbocycles. The molecule has 1 aromatic heterocycles. The van der Waals surface area contributed by atoms with Gasteiger partial charge in [0.05, 0.1) is 13.2 Å². The van der Waals surface area contributed by atoms with Crippen LogP contribution in [0.15, 0.2) is 49.2 Å². The molecule has 0 saturated heterocycles. The number of benzene rings is 1. The van der Waals surface area contributed by atoms with E-state index in [9.17, 15) is 4.79 Å². The second-order valence-electron chi connectivity index (χ2n) is 4.25. The molecule has 2 aromatic rings. The lowest BCUT2D eigenvalue weighted by Crippen LogP contribution is -2.06. The van der Waals surface area contributed by atoms with Gasteiger partial charge in [-0.2, -0.15) is 0 Å². The molecule has 102 valence electrons. The molecule has 0 amide bonds. The largest absolute Gasteiger partial charge is 0.477 e. The number of rotatable bonds is 6. The van der Waals surface area contributed by atoms with Gasteiger partial charge in [-0.1, -0.05) is 43.0 Å². The van der Waals surface area contributed by atoms with Crippen molar-refractivity contribution in [1.29, 1.82) is 0 Å². The van der Waals surface area contributed by atoms with E-state index in [2.05, 4.69) is 11.6 Å². The lowest BCUT2D eigenvalue weighted by Gasteiger charge is -2.07. The first-order chi connectivity index (χ1) is 9.70. The molecule has 4 heteroatoms. The Bertz CT molecular complexity index is 605. The second-order valence-corrected chi connectivity index (χ2v) is 4.25. The zero-order valence-corrected chi connectivity index (χ0v) is 11.0. The zero-order valence-electron chi connectivity index (χ0n) is 11.0. The van der Waals surface area contributed by atoms with Crippen LogP contribution in [0.5, 0.6) is 0 Å². The van der Waals surface area contributed by atoms with E-state index in [1.807, 2.05) is 24.3 Å². The minimum absolute atomic E-state index is 0.0366. The smallest absolute Gasteiger partial charge is 0.354 e. The lowest BCUT2D eigenvalue weighted by atomic mass is 10.1. The van der Waals surface area contributed by atoms with Crippen molar-refractivity contribution in [2.75, 3.05) is 0 Å². The van der Waals surface area contributed by atoms with Crippen molar-refractivity contribution in [1.82, 2.24) is 4.98 Å². The van der Waals surface area contributed by atoms with E-state index in [0.29, 0.717) is 12.2 Å². The summed E-state index contributed by atoms with van der Waals surface area (Å²) in [5.41, 5.74) is 2.68. The van der Waals surface area contributed by atoms with Crippen molar-refractivity contribution >= 4 is 12.0 Å². The van der Waals surface area contributed by atoms with Crippen molar-refractivity contribution in [3.63, 3.8) is 0 Å². The van der Waals surface area contributed by atoms with Crippen LogP contribution in [0.3, 0.4) is 0 Å². The molecule has 0 fully saturated rings. The summed E-state index contributed by atoms with van der Waals surface area (Å²) in [6.07, 6.45) is 3.24. The zero-order chi connectivity index (χ0) is 14.4. The average Bonchev–Trinajstić information content (AvgIpc) is 2.48. The minimum atomic E-state index is -1.04. The molecule has 20 heavy (non-hydrogen) atoms. The molecule has 0 aliphatic heterocycles. The number of pyridine rings is 1. The fourth-order valence-electron chi connectivity index (χ4n) is 1.78. The van der Waals surface area contributed by atoms with Gasteiger partial charge in [-0.25, -0.2) is 9.78 Å². The average molecular weight is 269 g/mol. The molecule has 0 atom stereocenters. The summed E-state index contributed by atoms with van der Waals surface area (Å²) in [6.45, 7) is 4.34. The number of carboxylic acids is 1. The normalized spacial score (nSPS) is 10.2. The number of carboxylic acid groups (broad SMARTS) is 1. The number of carbonyl (C=O) groups is 1. The third kappa shape index (κ3) is 3.52. The highest BCUT2D eigenvalue weighted by molar-refractivity contribution is 5.86. The summed E-state index contributed by atoms with van der Waals surface area (Å²) in [6, 6.07) is 11.2. The molecule has 0 saturated carbocycles. The van der Waals surface area contributed by atoms with Crippen LogP contribution in [0.2, 0.25) is 0 Å². The van der Waals surface area contributed by atoms with Gasteiger partial charge in [0.15, 0.2) is 5.69 Å². The van der Waals surface area contributed by atoms with Crippen LogP contribution in [0.25, 0.3) is 6.08 Å². The van der Waals surface area contributed by atoms with E-state index >= 15 is 0 Å². The standard InChI is InChI=1S/C16H15NO3/c1-2-12-5-7-13(8-6-12)10-20-11-14-4-3-9-17-15(14)16(18)19/h2-9H,1,10-11H2,(H,18,19). The monoisotopic (exact) mass is 269 g/mol. The summed E-state index contributed by atoms with van der Waals surface area (Å²) in [4.78, 5) is 14.8. The van der Waals surface area contributed by atoms with E-state index in [1.165, 1.54) is 6.20 Å². The topological polar surface area (TPSA) is 59.4 Å². The summed E-state index contributed by atoms with van der Waals surface area (Å²) in [5, 5.41) is 9.01. The third-order valence-corrected chi connectivity index (χ3v) is 2.84. The Balaban J connectivity index is 1.95. The minimum Gasteiger partial charge on any atom is -0.477 e. The van der Waals surface area contributed by atoms with Crippen LogP contribution in [-0.2, 0) is 18.0 Å². The summed E-state index contributed by atoms with van der Waals surface area (Å²) in [5.74, 6) is -1.04. The first kappa shape index (κ1) is 14.0. The summed E-state index contributed by atoms with van der Waals surface area (Å²) < 4.78 is 5.54. The number of aromatic nitrogens is 1. The molecule has 1 aromatic carbocycles. The quantitative estimate of drug-likeness (QED) is 0.875. The van der Waals surface area contributed by atoms with Gasteiger partial charge in [0.2, 0.25) is 0 Å². The molecule has 0 unspecified atom stereocenters. The van der Waals surface area contributed by atoms with Crippen molar-refractivity contribution in [3.05, 3.63) is 71.6 Å². The number of ether oxygens (including phenoxy) is 1. The van der Waals surface area contributed by atoms with Gasteiger partial charge in [0.1, 0.15) is 0 Å². The van der Waals surface area contributed by atoms with Crippen LogP contribution in [0.4, 0.5) is 0 Å². The summed E-state index contributed by atoms with van der Waals surface area (Å²) in [7, 11) is 0. The van der Waals surface area contributed by atoms with E-state index in [-0.39, 0.29) is 12.3 Å². The molecule has 0 radical (unpaired) electrons. The SMILES string of the molecule is C=Cc1ccc(COCc2cccnc2C(=O)O)cc1. The Kier molecular flexibility index (Phi) is 4.63. The van der Waals surface area contributed by atoms with Crippen LogP contribution in [0.1, 0.15) is 27.2 Å². The second kappa shape index (κ2) is 6.63. The Hall–Kier alpha value is -2.46. The molecule has 0 spiro atoms.